The minimum Gasteiger partial charge on any atom is -0.247 e. The van der Waals surface area contributed by atoms with Gasteiger partial charge >= 0.3 is 0 Å². The van der Waals surface area contributed by atoms with Crippen LogP contribution < -0.4 is 0 Å². The summed E-state index contributed by atoms with van der Waals surface area (Å²) >= 11 is 2.08. The largest absolute Gasteiger partial charge is 0.247 e. The molecule has 11 heavy (non-hydrogen) atoms. The van der Waals surface area contributed by atoms with Crippen molar-refractivity contribution in [3.63, 3.8) is 0 Å². The highest BCUT2D eigenvalue weighted by Gasteiger charge is 2.16. The molecule has 3 heteroatoms. The molecule has 1 unspecified atom stereocenters. The average molecular weight is 191 g/mol. The molecule has 66 valence electrons. The van der Waals surface area contributed by atoms with E-state index in [-0.39, 0.29) is 7.12 Å². The molecule has 0 radical (unpaired) electrons. The third-order valence-electron chi connectivity index (χ3n) is 1.90. The molecule has 0 saturated carbocycles. The van der Waals surface area contributed by atoms with Gasteiger partial charge < -0.3 is 0 Å². The van der Waals surface area contributed by atoms with Gasteiger partial charge in [-0.15, -0.1) is 0 Å². The molecule has 0 N–H and O–H groups in total. The first kappa shape index (κ1) is 9.83. The summed E-state index contributed by atoms with van der Waals surface area (Å²) < 4.78 is 2.56. The highest BCUT2D eigenvalue weighted by molar-refractivity contribution is 8.54. The normalized spacial score (nSPS) is 27.8. The molecule has 0 aromatic carbocycles. The second kappa shape index (κ2) is 4.69. The standard InChI is InChI=1S/C8H18NPS/c1-8-5-4-6-9(7-8)11-10(2)3/h8H,4-7H2,1-3H3. The smallest absolute Gasteiger partial charge is 0.0118 e. The summed E-state index contributed by atoms with van der Waals surface area (Å²) in [6.07, 6.45) is 2.83. The van der Waals surface area contributed by atoms with E-state index in [4.69, 9.17) is 0 Å². The van der Waals surface area contributed by atoms with Crippen LogP contribution in [0.15, 0.2) is 0 Å². The van der Waals surface area contributed by atoms with Gasteiger partial charge in [0.15, 0.2) is 0 Å². The molecule has 1 heterocycles. The van der Waals surface area contributed by atoms with Crippen molar-refractivity contribution in [2.75, 3.05) is 26.4 Å². The zero-order chi connectivity index (χ0) is 8.27. The molecule has 1 aliphatic heterocycles. The molecule has 0 aromatic rings. The molecule has 0 bridgehead atoms. The fourth-order valence-electron chi connectivity index (χ4n) is 1.45. The van der Waals surface area contributed by atoms with Gasteiger partial charge in [-0.05, 0) is 39.2 Å². The lowest BCUT2D eigenvalue weighted by Gasteiger charge is -2.30. The Balaban J connectivity index is 2.23. The predicted octanol–water partition coefficient (Wildman–Crippen LogP) is 3.02. The molecule has 0 aliphatic carbocycles. The zero-order valence-electron chi connectivity index (χ0n) is 7.71. The van der Waals surface area contributed by atoms with Crippen LogP contribution in [0.25, 0.3) is 0 Å². The second-order valence-corrected chi connectivity index (χ2v) is 8.51. The van der Waals surface area contributed by atoms with Gasteiger partial charge in [0.1, 0.15) is 0 Å². The maximum absolute atomic E-state index is 2.56. The summed E-state index contributed by atoms with van der Waals surface area (Å²) in [5, 5.41) is 0. The van der Waals surface area contributed by atoms with E-state index in [1.807, 2.05) is 0 Å². The van der Waals surface area contributed by atoms with E-state index in [0.717, 1.165) is 5.92 Å². The second-order valence-electron chi connectivity index (χ2n) is 3.53. The molecule has 1 saturated heterocycles. The third kappa shape index (κ3) is 3.78. The Morgan fingerprint density at radius 2 is 2.18 bits per heavy atom. The Hall–Kier alpha value is 0.740. The first-order valence-electron chi connectivity index (χ1n) is 4.29. The molecular formula is C8H18NPS. The molecule has 0 amide bonds. The van der Waals surface area contributed by atoms with Crippen molar-refractivity contribution in [2.45, 2.75) is 19.8 Å². The van der Waals surface area contributed by atoms with Crippen molar-refractivity contribution in [3.8, 4) is 0 Å². The molecule has 1 rings (SSSR count). The quantitative estimate of drug-likeness (QED) is 0.487. The SMILES string of the molecule is CC1CCCN(SP(C)C)C1. The maximum atomic E-state index is 2.56. The Labute approximate surface area is 75.6 Å². The van der Waals surface area contributed by atoms with E-state index in [9.17, 15) is 0 Å². The van der Waals surface area contributed by atoms with Crippen LogP contribution in [-0.4, -0.2) is 30.7 Å². The number of rotatable bonds is 2. The number of hydrogen-bond acceptors (Lipinski definition) is 2. The van der Waals surface area contributed by atoms with Gasteiger partial charge in [0.2, 0.25) is 0 Å². The Bertz CT molecular complexity index is 117. The number of hydrogen-bond donors (Lipinski definition) is 0. The van der Waals surface area contributed by atoms with E-state index >= 15 is 0 Å². The lowest BCUT2D eigenvalue weighted by molar-refractivity contribution is 0.304. The van der Waals surface area contributed by atoms with Crippen LogP contribution in [0.4, 0.5) is 0 Å². The van der Waals surface area contributed by atoms with E-state index in [0.29, 0.717) is 0 Å². The summed E-state index contributed by atoms with van der Waals surface area (Å²) in [5.74, 6) is 0.922. The van der Waals surface area contributed by atoms with Crippen molar-refractivity contribution >= 4 is 18.7 Å². The van der Waals surface area contributed by atoms with Crippen LogP contribution in [0, 0.1) is 5.92 Å². The lowest BCUT2D eigenvalue weighted by atomic mass is 10.0. The van der Waals surface area contributed by atoms with E-state index in [1.165, 1.54) is 25.9 Å². The minimum atomic E-state index is 0.200. The highest BCUT2D eigenvalue weighted by Crippen LogP contribution is 2.45. The summed E-state index contributed by atoms with van der Waals surface area (Å²) in [6, 6.07) is 0. The minimum absolute atomic E-state index is 0.200. The van der Waals surface area contributed by atoms with Gasteiger partial charge in [0, 0.05) is 13.1 Å². The van der Waals surface area contributed by atoms with Crippen molar-refractivity contribution in [2.24, 2.45) is 5.92 Å². The molecule has 0 spiro atoms. The van der Waals surface area contributed by atoms with Crippen LogP contribution in [0.1, 0.15) is 19.8 Å². The first-order chi connectivity index (χ1) is 5.18. The maximum Gasteiger partial charge on any atom is 0.0118 e. The zero-order valence-corrected chi connectivity index (χ0v) is 9.42. The van der Waals surface area contributed by atoms with Crippen LogP contribution in [0.2, 0.25) is 0 Å². The van der Waals surface area contributed by atoms with Crippen LogP contribution in [-0.2, 0) is 0 Å². The first-order valence-corrected chi connectivity index (χ1v) is 7.90. The topological polar surface area (TPSA) is 3.24 Å². The summed E-state index contributed by atoms with van der Waals surface area (Å²) in [5.41, 5.74) is 0. The Kier molecular flexibility index (Phi) is 4.19. The monoisotopic (exact) mass is 191 g/mol. The molecule has 1 aliphatic rings. The average Bonchev–Trinajstić information content (AvgIpc) is 1.85. The summed E-state index contributed by atoms with van der Waals surface area (Å²) in [7, 11) is 0.200. The van der Waals surface area contributed by atoms with E-state index in [1.54, 1.807) is 0 Å². The van der Waals surface area contributed by atoms with Gasteiger partial charge in [-0.3, -0.25) is 0 Å². The molecule has 1 fully saturated rings. The fourth-order valence-corrected chi connectivity index (χ4v) is 4.28. The fraction of sp³-hybridized carbons (Fsp3) is 1.00. The van der Waals surface area contributed by atoms with Gasteiger partial charge in [-0.1, -0.05) is 18.5 Å². The molecule has 1 nitrogen and oxygen atoms in total. The van der Waals surface area contributed by atoms with Crippen molar-refractivity contribution < 1.29 is 0 Å². The molecule has 0 aromatic heterocycles. The van der Waals surface area contributed by atoms with Gasteiger partial charge in [-0.2, -0.15) is 0 Å². The lowest BCUT2D eigenvalue weighted by Crippen LogP contribution is -2.28. The highest BCUT2D eigenvalue weighted by atomic mass is 32.7. The van der Waals surface area contributed by atoms with Crippen LogP contribution in [0.5, 0.6) is 0 Å². The van der Waals surface area contributed by atoms with E-state index in [2.05, 4.69) is 36.1 Å². The van der Waals surface area contributed by atoms with Crippen LogP contribution in [0.3, 0.4) is 0 Å². The summed E-state index contributed by atoms with van der Waals surface area (Å²) in [6.45, 7) is 9.65. The van der Waals surface area contributed by atoms with Crippen molar-refractivity contribution in [3.05, 3.63) is 0 Å². The summed E-state index contributed by atoms with van der Waals surface area (Å²) in [4.78, 5) is 0. The number of piperidine rings is 1. The van der Waals surface area contributed by atoms with E-state index < -0.39 is 0 Å². The van der Waals surface area contributed by atoms with Gasteiger partial charge in [0.25, 0.3) is 0 Å². The Morgan fingerprint density at radius 1 is 1.45 bits per heavy atom. The van der Waals surface area contributed by atoms with Crippen molar-refractivity contribution in [1.29, 1.82) is 0 Å². The van der Waals surface area contributed by atoms with Gasteiger partial charge in [-0.25, -0.2) is 4.31 Å². The molecular weight excluding hydrogens is 173 g/mol. The third-order valence-corrected chi connectivity index (χ3v) is 4.46. The Morgan fingerprint density at radius 3 is 2.73 bits per heavy atom. The van der Waals surface area contributed by atoms with Crippen LogP contribution >= 0.6 is 18.7 Å². The predicted molar refractivity (Wildman–Crippen MR) is 56.3 cm³/mol. The molecule has 1 atom stereocenters. The van der Waals surface area contributed by atoms with Gasteiger partial charge in [0.05, 0.1) is 0 Å². The number of nitrogens with zero attached hydrogens (tertiary/aromatic N) is 1. The van der Waals surface area contributed by atoms with Crippen molar-refractivity contribution in [1.82, 2.24) is 4.31 Å².